The van der Waals surface area contributed by atoms with Gasteiger partial charge in [0.05, 0.1) is 17.2 Å². The lowest BCUT2D eigenvalue weighted by Gasteiger charge is -2.19. The van der Waals surface area contributed by atoms with E-state index in [0.29, 0.717) is 0 Å². The van der Waals surface area contributed by atoms with E-state index in [2.05, 4.69) is 0 Å². The minimum Gasteiger partial charge on any atom is -0.506 e. The third-order valence-electron chi connectivity index (χ3n) is 1.95. The molecule has 0 heterocycles. The maximum atomic E-state index is 11.7. The zero-order valence-corrected chi connectivity index (χ0v) is 10.7. The Morgan fingerprint density at radius 1 is 1.41 bits per heavy atom. The van der Waals surface area contributed by atoms with Crippen LogP contribution in [-0.2, 0) is 11.3 Å². The zero-order valence-electron chi connectivity index (χ0n) is 9.95. The van der Waals surface area contributed by atoms with Crippen molar-refractivity contribution in [2.45, 2.75) is 33.0 Å². The molecule has 4 nitrogen and oxygen atoms in total. The van der Waals surface area contributed by atoms with Crippen molar-refractivity contribution in [2.75, 3.05) is 0 Å². The van der Waals surface area contributed by atoms with Gasteiger partial charge in [0.1, 0.15) is 11.4 Å². The van der Waals surface area contributed by atoms with Gasteiger partial charge in [-0.3, -0.25) is 0 Å². The molecule has 0 aliphatic heterocycles. The molecule has 1 aromatic carbocycles. The standard InChI is InChI=1S/C12H15ClO4/c1-12(2,3)17-11(16)7-4-8(6-14)10(15)9(13)5-7/h4-5,14-15H,6H2,1-3H3. The Bertz CT molecular complexity index is 435. The van der Waals surface area contributed by atoms with Crippen molar-refractivity contribution in [1.82, 2.24) is 0 Å². The molecule has 0 aliphatic rings. The first-order valence-electron chi connectivity index (χ1n) is 5.10. The van der Waals surface area contributed by atoms with E-state index >= 15 is 0 Å². The molecule has 0 saturated heterocycles. The van der Waals surface area contributed by atoms with E-state index in [1.807, 2.05) is 0 Å². The summed E-state index contributed by atoms with van der Waals surface area (Å²) >= 11 is 5.74. The number of rotatable bonds is 2. The summed E-state index contributed by atoms with van der Waals surface area (Å²) in [5.41, 5.74) is -0.217. The Kier molecular flexibility index (Phi) is 4.01. The SMILES string of the molecule is CC(C)(C)OC(=O)c1cc(Cl)c(O)c(CO)c1. The van der Waals surface area contributed by atoms with Crippen molar-refractivity contribution >= 4 is 17.6 Å². The molecule has 0 atom stereocenters. The molecule has 0 aromatic heterocycles. The van der Waals surface area contributed by atoms with Crippen LogP contribution in [-0.4, -0.2) is 21.8 Å². The highest BCUT2D eigenvalue weighted by Crippen LogP contribution is 2.29. The Labute approximate surface area is 105 Å². The summed E-state index contributed by atoms with van der Waals surface area (Å²) in [7, 11) is 0. The van der Waals surface area contributed by atoms with Gasteiger partial charge in [-0.15, -0.1) is 0 Å². The average molecular weight is 259 g/mol. The van der Waals surface area contributed by atoms with Crippen LogP contribution in [0, 0.1) is 0 Å². The number of aromatic hydroxyl groups is 1. The van der Waals surface area contributed by atoms with E-state index < -0.39 is 18.2 Å². The molecule has 5 heteroatoms. The second kappa shape index (κ2) is 4.94. The number of aliphatic hydroxyl groups is 1. The van der Waals surface area contributed by atoms with Crippen LogP contribution in [0.1, 0.15) is 36.7 Å². The van der Waals surface area contributed by atoms with Gasteiger partial charge in [0.2, 0.25) is 0 Å². The van der Waals surface area contributed by atoms with Crippen LogP contribution in [0.3, 0.4) is 0 Å². The minimum absolute atomic E-state index is 0.0115. The quantitative estimate of drug-likeness (QED) is 0.800. The van der Waals surface area contributed by atoms with Gasteiger partial charge in [0.25, 0.3) is 0 Å². The van der Waals surface area contributed by atoms with Crippen molar-refractivity contribution in [2.24, 2.45) is 0 Å². The molecule has 1 aromatic rings. The van der Waals surface area contributed by atoms with Gasteiger partial charge < -0.3 is 14.9 Å². The molecule has 2 N–H and O–H groups in total. The number of ether oxygens (including phenoxy) is 1. The third kappa shape index (κ3) is 3.61. The predicted octanol–water partition coefficient (Wildman–Crippen LogP) is 2.49. The van der Waals surface area contributed by atoms with Crippen LogP contribution < -0.4 is 0 Å². The largest absolute Gasteiger partial charge is 0.506 e. The zero-order chi connectivity index (χ0) is 13.2. The summed E-state index contributed by atoms with van der Waals surface area (Å²) < 4.78 is 5.16. The second-order valence-corrected chi connectivity index (χ2v) is 5.03. The molecule has 17 heavy (non-hydrogen) atoms. The molecule has 0 spiro atoms. The van der Waals surface area contributed by atoms with Crippen molar-refractivity contribution in [3.8, 4) is 5.75 Å². The van der Waals surface area contributed by atoms with Gasteiger partial charge in [-0.2, -0.15) is 0 Å². The molecule has 94 valence electrons. The lowest BCUT2D eigenvalue weighted by atomic mass is 10.1. The summed E-state index contributed by atoms with van der Waals surface area (Å²) in [5.74, 6) is -0.768. The lowest BCUT2D eigenvalue weighted by molar-refractivity contribution is 0.00694. The first-order chi connectivity index (χ1) is 7.74. The summed E-state index contributed by atoms with van der Waals surface area (Å²) in [4.78, 5) is 11.7. The normalized spacial score (nSPS) is 11.4. The molecule has 0 amide bonds. The molecule has 0 aliphatic carbocycles. The van der Waals surface area contributed by atoms with Gasteiger partial charge >= 0.3 is 5.97 Å². The van der Waals surface area contributed by atoms with Gasteiger partial charge in [0.15, 0.2) is 0 Å². The Morgan fingerprint density at radius 3 is 2.47 bits per heavy atom. The van der Waals surface area contributed by atoms with E-state index in [0.717, 1.165) is 0 Å². The van der Waals surface area contributed by atoms with E-state index in [1.54, 1.807) is 20.8 Å². The van der Waals surface area contributed by atoms with Crippen molar-refractivity contribution < 1.29 is 19.7 Å². The fourth-order valence-electron chi connectivity index (χ4n) is 1.23. The highest BCUT2D eigenvalue weighted by atomic mass is 35.5. The second-order valence-electron chi connectivity index (χ2n) is 4.63. The molecular weight excluding hydrogens is 244 g/mol. The molecule has 1 rings (SSSR count). The van der Waals surface area contributed by atoms with Crippen molar-refractivity contribution in [1.29, 1.82) is 0 Å². The number of hydrogen-bond acceptors (Lipinski definition) is 4. The number of phenols is 1. The molecule has 0 fully saturated rings. The van der Waals surface area contributed by atoms with E-state index in [4.69, 9.17) is 21.4 Å². The fourth-order valence-corrected chi connectivity index (χ4v) is 1.47. The molecule has 0 unspecified atom stereocenters. The fraction of sp³-hybridized carbons (Fsp3) is 0.417. The van der Waals surface area contributed by atoms with Crippen LogP contribution in [0.4, 0.5) is 0 Å². The molecule has 0 radical (unpaired) electrons. The smallest absolute Gasteiger partial charge is 0.338 e. The van der Waals surface area contributed by atoms with Gasteiger partial charge in [0, 0.05) is 5.56 Å². The summed E-state index contributed by atoms with van der Waals surface area (Å²) in [6, 6.07) is 2.67. The third-order valence-corrected chi connectivity index (χ3v) is 2.24. The Hall–Kier alpha value is -1.26. The van der Waals surface area contributed by atoms with Crippen LogP contribution in [0.2, 0.25) is 5.02 Å². The first kappa shape index (κ1) is 13.8. The van der Waals surface area contributed by atoms with Gasteiger partial charge in [-0.1, -0.05) is 11.6 Å². The molecule has 0 bridgehead atoms. The van der Waals surface area contributed by atoms with E-state index in [9.17, 15) is 9.90 Å². The number of halogens is 1. The highest BCUT2D eigenvalue weighted by molar-refractivity contribution is 6.32. The minimum atomic E-state index is -0.610. The maximum Gasteiger partial charge on any atom is 0.338 e. The summed E-state index contributed by atoms with van der Waals surface area (Å²) in [6.07, 6.45) is 0. The maximum absolute atomic E-state index is 11.7. The van der Waals surface area contributed by atoms with E-state index in [1.165, 1.54) is 12.1 Å². The number of aliphatic hydroxyl groups excluding tert-OH is 1. The van der Waals surface area contributed by atoms with Crippen molar-refractivity contribution in [3.63, 3.8) is 0 Å². The Morgan fingerprint density at radius 2 is 2.00 bits per heavy atom. The number of carbonyl (C=O) groups excluding carboxylic acids is 1. The van der Waals surface area contributed by atoms with Crippen LogP contribution in [0.15, 0.2) is 12.1 Å². The Balaban J connectivity index is 3.07. The van der Waals surface area contributed by atoms with Crippen LogP contribution in [0.5, 0.6) is 5.75 Å². The molecule has 0 saturated carbocycles. The monoisotopic (exact) mass is 258 g/mol. The number of hydrogen-bond donors (Lipinski definition) is 2. The number of carbonyl (C=O) groups is 1. The number of esters is 1. The van der Waals surface area contributed by atoms with E-state index in [-0.39, 0.29) is 21.9 Å². The van der Waals surface area contributed by atoms with Gasteiger partial charge in [-0.05, 0) is 32.9 Å². The molecular formula is C12H15ClO4. The number of benzene rings is 1. The highest BCUT2D eigenvalue weighted by Gasteiger charge is 2.20. The predicted molar refractivity (Wildman–Crippen MR) is 64.2 cm³/mol. The average Bonchev–Trinajstić information content (AvgIpc) is 2.19. The van der Waals surface area contributed by atoms with Gasteiger partial charge in [-0.25, -0.2) is 4.79 Å². The van der Waals surface area contributed by atoms with Crippen molar-refractivity contribution in [3.05, 3.63) is 28.3 Å². The first-order valence-corrected chi connectivity index (χ1v) is 5.48. The summed E-state index contributed by atoms with van der Waals surface area (Å²) in [6.45, 7) is 4.85. The summed E-state index contributed by atoms with van der Waals surface area (Å²) in [5, 5.41) is 18.5. The topological polar surface area (TPSA) is 66.8 Å². The van der Waals surface area contributed by atoms with Crippen LogP contribution in [0.25, 0.3) is 0 Å². The lowest BCUT2D eigenvalue weighted by Crippen LogP contribution is -2.24. The van der Waals surface area contributed by atoms with Crippen LogP contribution >= 0.6 is 11.6 Å².